The van der Waals surface area contributed by atoms with E-state index in [2.05, 4.69) is 9.84 Å². The van der Waals surface area contributed by atoms with E-state index < -0.39 is 6.16 Å². The number of rotatable bonds is 3. The van der Waals surface area contributed by atoms with Gasteiger partial charge in [-0.25, -0.2) is 9.48 Å². The molecule has 5 nitrogen and oxygen atoms in total. The summed E-state index contributed by atoms with van der Waals surface area (Å²) in [7, 11) is 1.27. The summed E-state index contributed by atoms with van der Waals surface area (Å²) in [6.45, 7) is 0. The summed E-state index contributed by atoms with van der Waals surface area (Å²) in [6.07, 6.45) is 0.888. The number of hydrogen-bond donors (Lipinski definition) is 0. The van der Waals surface area contributed by atoms with Crippen LogP contribution in [0.1, 0.15) is 0 Å². The smallest absolute Gasteiger partial charge is 0.437 e. The minimum Gasteiger partial charge on any atom is -0.437 e. The molecule has 0 bridgehead atoms. The third kappa shape index (κ3) is 2.83. The number of methoxy groups -OCH3 is 1. The molecule has 3 aromatic rings. The third-order valence-electron chi connectivity index (χ3n) is 3.11. The van der Waals surface area contributed by atoms with Crippen LogP contribution in [0.2, 0.25) is 0 Å². The van der Waals surface area contributed by atoms with Crippen molar-refractivity contribution in [2.45, 2.75) is 0 Å². The Morgan fingerprint density at radius 1 is 1.00 bits per heavy atom. The molecule has 0 unspecified atom stereocenters. The van der Waals surface area contributed by atoms with Crippen molar-refractivity contribution >= 4 is 6.16 Å². The molecule has 5 heteroatoms. The molecule has 3 rings (SSSR count). The zero-order valence-corrected chi connectivity index (χ0v) is 12.0. The molecule has 2 aromatic carbocycles. The molecule has 0 spiro atoms. The molecule has 0 atom stereocenters. The lowest BCUT2D eigenvalue weighted by Crippen LogP contribution is -2.07. The Morgan fingerprint density at radius 3 is 2.27 bits per heavy atom. The van der Waals surface area contributed by atoms with Crippen LogP contribution in [0, 0.1) is 0 Å². The van der Waals surface area contributed by atoms with Gasteiger partial charge in [0.15, 0.2) is 5.75 Å². The zero-order chi connectivity index (χ0) is 15.4. The van der Waals surface area contributed by atoms with Crippen LogP contribution in [0.5, 0.6) is 5.75 Å². The molecule has 0 amide bonds. The first kappa shape index (κ1) is 13.9. The molecule has 0 aliphatic heterocycles. The minimum atomic E-state index is -0.773. The first-order valence-corrected chi connectivity index (χ1v) is 6.74. The van der Waals surface area contributed by atoms with E-state index in [4.69, 9.17) is 4.74 Å². The fourth-order valence-electron chi connectivity index (χ4n) is 2.07. The molecule has 22 heavy (non-hydrogen) atoms. The Labute approximate surface area is 127 Å². The topological polar surface area (TPSA) is 53.4 Å². The number of hydrogen-bond acceptors (Lipinski definition) is 4. The Bertz CT molecular complexity index is 767. The van der Waals surface area contributed by atoms with E-state index in [1.54, 1.807) is 10.9 Å². The van der Waals surface area contributed by atoms with Crippen LogP contribution in [0.15, 0.2) is 66.9 Å². The maximum atomic E-state index is 11.4. The van der Waals surface area contributed by atoms with Crippen molar-refractivity contribution in [3.63, 3.8) is 0 Å². The molecule has 0 saturated heterocycles. The first-order chi connectivity index (χ1) is 10.8. The number of carbonyl (C=O) groups excluding carboxylic acids is 1. The van der Waals surface area contributed by atoms with Crippen LogP contribution in [-0.4, -0.2) is 23.0 Å². The van der Waals surface area contributed by atoms with Crippen LogP contribution < -0.4 is 4.74 Å². The lowest BCUT2D eigenvalue weighted by atomic mass is 10.1. The van der Waals surface area contributed by atoms with Crippen LogP contribution in [-0.2, 0) is 4.74 Å². The lowest BCUT2D eigenvalue weighted by molar-refractivity contribution is 0.121. The van der Waals surface area contributed by atoms with Gasteiger partial charge in [-0.3, -0.25) is 0 Å². The van der Waals surface area contributed by atoms with Gasteiger partial charge < -0.3 is 9.47 Å². The summed E-state index contributed by atoms with van der Waals surface area (Å²) in [5.74, 6) is 0.349. The summed E-state index contributed by atoms with van der Waals surface area (Å²) >= 11 is 0. The van der Waals surface area contributed by atoms with Gasteiger partial charge in [0.2, 0.25) is 0 Å². The number of nitrogens with zero attached hydrogens (tertiary/aromatic N) is 2. The molecule has 0 aliphatic carbocycles. The fraction of sp³-hybridized carbons (Fsp3) is 0.0588. The highest BCUT2D eigenvalue weighted by Gasteiger charge is 2.16. The maximum Gasteiger partial charge on any atom is 0.513 e. The number of carbonyl (C=O) groups is 1. The van der Waals surface area contributed by atoms with Gasteiger partial charge in [-0.05, 0) is 12.1 Å². The van der Waals surface area contributed by atoms with E-state index >= 15 is 0 Å². The summed E-state index contributed by atoms with van der Waals surface area (Å²) in [5, 5.41) is 4.52. The van der Waals surface area contributed by atoms with Gasteiger partial charge in [0, 0.05) is 5.56 Å². The molecule has 1 heterocycles. The second-order valence-corrected chi connectivity index (χ2v) is 4.54. The molecule has 0 fully saturated rings. The van der Waals surface area contributed by atoms with Crippen molar-refractivity contribution in [1.82, 2.24) is 9.78 Å². The molecular formula is C17H14N2O3. The van der Waals surface area contributed by atoms with Gasteiger partial charge >= 0.3 is 6.16 Å². The second-order valence-electron chi connectivity index (χ2n) is 4.54. The van der Waals surface area contributed by atoms with Gasteiger partial charge in [-0.15, -0.1) is 0 Å². The molecule has 0 radical (unpaired) electrons. The SMILES string of the molecule is COC(=O)Oc1cn(-c2ccccc2)nc1-c1ccccc1. The predicted octanol–water partition coefficient (Wildman–Crippen LogP) is 3.68. The van der Waals surface area contributed by atoms with Crippen molar-refractivity contribution in [3.8, 4) is 22.7 Å². The number of ether oxygens (including phenoxy) is 2. The maximum absolute atomic E-state index is 11.4. The van der Waals surface area contributed by atoms with Crippen LogP contribution in [0.3, 0.4) is 0 Å². The van der Waals surface area contributed by atoms with E-state index in [1.807, 2.05) is 60.7 Å². The van der Waals surface area contributed by atoms with E-state index in [-0.39, 0.29) is 0 Å². The number of aromatic nitrogens is 2. The normalized spacial score (nSPS) is 10.2. The van der Waals surface area contributed by atoms with Crippen molar-refractivity contribution in [2.24, 2.45) is 0 Å². The van der Waals surface area contributed by atoms with Gasteiger partial charge in [0.05, 0.1) is 19.0 Å². The molecule has 0 N–H and O–H groups in total. The monoisotopic (exact) mass is 294 g/mol. The van der Waals surface area contributed by atoms with E-state index in [0.717, 1.165) is 11.3 Å². The zero-order valence-electron chi connectivity index (χ0n) is 12.0. The standard InChI is InChI=1S/C17H14N2O3/c1-21-17(20)22-15-12-19(14-10-6-3-7-11-14)18-16(15)13-8-4-2-5-9-13/h2-12H,1H3. The summed E-state index contributed by atoms with van der Waals surface area (Å²) in [6, 6.07) is 19.1. The van der Waals surface area contributed by atoms with Crippen LogP contribution in [0.4, 0.5) is 4.79 Å². The Balaban J connectivity index is 2.07. The van der Waals surface area contributed by atoms with Crippen molar-refractivity contribution < 1.29 is 14.3 Å². The summed E-state index contributed by atoms with van der Waals surface area (Å²) in [4.78, 5) is 11.4. The van der Waals surface area contributed by atoms with Gasteiger partial charge in [0.1, 0.15) is 5.69 Å². The van der Waals surface area contributed by atoms with E-state index in [0.29, 0.717) is 11.4 Å². The summed E-state index contributed by atoms with van der Waals surface area (Å²) in [5.41, 5.74) is 2.31. The highest BCUT2D eigenvalue weighted by molar-refractivity contribution is 5.72. The average Bonchev–Trinajstić information content (AvgIpc) is 3.00. The summed E-state index contributed by atoms with van der Waals surface area (Å²) < 4.78 is 11.4. The molecule has 0 saturated carbocycles. The Kier molecular flexibility index (Phi) is 3.87. The molecule has 1 aromatic heterocycles. The minimum absolute atomic E-state index is 0.349. The average molecular weight is 294 g/mol. The van der Waals surface area contributed by atoms with Gasteiger partial charge in [-0.1, -0.05) is 48.5 Å². The van der Waals surface area contributed by atoms with Crippen LogP contribution >= 0.6 is 0 Å². The highest BCUT2D eigenvalue weighted by atomic mass is 16.7. The largest absolute Gasteiger partial charge is 0.513 e. The van der Waals surface area contributed by atoms with Crippen LogP contribution in [0.25, 0.3) is 16.9 Å². The molecule has 110 valence electrons. The lowest BCUT2D eigenvalue weighted by Gasteiger charge is -2.02. The third-order valence-corrected chi connectivity index (χ3v) is 3.11. The molecular weight excluding hydrogens is 280 g/mol. The van der Waals surface area contributed by atoms with Crippen molar-refractivity contribution in [2.75, 3.05) is 7.11 Å². The highest BCUT2D eigenvalue weighted by Crippen LogP contribution is 2.30. The second kappa shape index (κ2) is 6.13. The van der Waals surface area contributed by atoms with Gasteiger partial charge in [0.25, 0.3) is 0 Å². The Hall–Kier alpha value is -3.08. The quantitative estimate of drug-likeness (QED) is 0.691. The first-order valence-electron chi connectivity index (χ1n) is 6.74. The van der Waals surface area contributed by atoms with E-state index in [1.165, 1.54) is 7.11 Å². The van der Waals surface area contributed by atoms with Gasteiger partial charge in [-0.2, -0.15) is 5.10 Å². The number of benzene rings is 2. The Morgan fingerprint density at radius 2 is 1.64 bits per heavy atom. The van der Waals surface area contributed by atoms with E-state index in [9.17, 15) is 4.79 Å². The predicted molar refractivity (Wildman–Crippen MR) is 82.0 cm³/mol. The van der Waals surface area contributed by atoms with Crippen molar-refractivity contribution in [3.05, 3.63) is 66.9 Å². The van der Waals surface area contributed by atoms with Crippen molar-refractivity contribution in [1.29, 1.82) is 0 Å². The fourth-order valence-corrected chi connectivity index (χ4v) is 2.07. The number of para-hydroxylation sites is 1. The molecule has 0 aliphatic rings.